The second kappa shape index (κ2) is 12.3. The van der Waals surface area contributed by atoms with Crippen molar-refractivity contribution in [2.24, 2.45) is 0 Å². The molecule has 3 rings (SSSR count). The average Bonchev–Trinajstić information content (AvgIpc) is 2.81. The van der Waals surface area contributed by atoms with Gasteiger partial charge < -0.3 is 19.9 Å². The highest BCUT2D eigenvalue weighted by atomic mass is 35.5. The number of halogens is 1. The minimum Gasteiger partial charge on any atom is -0.496 e. The molecule has 1 fully saturated rings. The molecule has 0 bridgehead atoms. The van der Waals surface area contributed by atoms with E-state index in [4.69, 9.17) is 16.3 Å². The number of methoxy groups -OCH3 is 1. The highest BCUT2D eigenvalue weighted by Gasteiger charge is 2.21. The Labute approximate surface area is 200 Å². The fraction of sp³-hybridized carbons (Fsp3) is 0.360. The number of ether oxygens (including phenoxy) is 1. The predicted molar refractivity (Wildman–Crippen MR) is 133 cm³/mol. The number of rotatable bonds is 8. The van der Waals surface area contributed by atoms with Crippen molar-refractivity contribution in [2.45, 2.75) is 6.92 Å². The van der Waals surface area contributed by atoms with Gasteiger partial charge in [-0.15, -0.1) is 0 Å². The molecule has 0 aliphatic carbocycles. The lowest BCUT2D eigenvalue weighted by Gasteiger charge is -2.35. The van der Waals surface area contributed by atoms with Gasteiger partial charge in [0.25, 0.3) is 0 Å². The van der Waals surface area contributed by atoms with E-state index >= 15 is 0 Å². The lowest BCUT2D eigenvalue weighted by atomic mass is 10.2. The maximum Gasteiger partial charge on any atom is 0.321 e. The molecule has 0 saturated carbocycles. The number of hydrogen-bond donors (Lipinski definition) is 1. The van der Waals surface area contributed by atoms with Crippen LogP contribution in [0.2, 0.25) is 5.02 Å². The Morgan fingerprint density at radius 2 is 1.88 bits per heavy atom. The summed E-state index contributed by atoms with van der Waals surface area (Å²) in [6.07, 6.45) is 3.96. The summed E-state index contributed by atoms with van der Waals surface area (Å²) in [6, 6.07) is 14.8. The van der Waals surface area contributed by atoms with Crippen LogP contribution in [0, 0.1) is 0 Å². The largest absolute Gasteiger partial charge is 0.496 e. The van der Waals surface area contributed by atoms with Crippen LogP contribution in [-0.2, 0) is 4.79 Å². The number of para-hydroxylation sites is 1. The van der Waals surface area contributed by atoms with Crippen molar-refractivity contribution in [1.82, 2.24) is 14.7 Å². The Bertz CT molecular complexity index is 974. The zero-order valence-electron chi connectivity index (χ0n) is 19.2. The van der Waals surface area contributed by atoms with Crippen molar-refractivity contribution in [3.63, 3.8) is 0 Å². The van der Waals surface area contributed by atoms with Gasteiger partial charge in [0.2, 0.25) is 5.91 Å². The van der Waals surface area contributed by atoms with Gasteiger partial charge in [0.1, 0.15) is 5.75 Å². The SMILES string of the molecule is COc1ccccc1/C=C/CN(CCN1CCN(C(=O)Nc2cccc(Cl)c2)CC1)C(C)=O. The zero-order valence-corrected chi connectivity index (χ0v) is 19.9. The number of anilines is 1. The fourth-order valence-corrected chi connectivity index (χ4v) is 3.88. The number of hydrogen-bond acceptors (Lipinski definition) is 4. The van der Waals surface area contributed by atoms with Gasteiger partial charge in [-0.3, -0.25) is 9.69 Å². The smallest absolute Gasteiger partial charge is 0.321 e. The quantitative estimate of drug-likeness (QED) is 0.632. The molecule has 1 aliphatic rings. The Hall–Kier alpha value is -3.03. The molecule has 0 unspecified atom stereocenters. The molecule has 0 spiro atoms. The van der Waals surface area contributed by atoms with E-state index in [0.717, 1.165) is 30.9 Å². The summed E-state index contributed by atoms with van der Waals surface area (Å²) in [7, 11) is 1.65. The first kappa shape index (κ1) is 24.6. The summed E-state index contributed by atoms with van der Waals surface area (Å²) < 4.78 is 5.36. The Morgan fingerprint density at radius 1 is 1.12 bits per heavy atom. The maximum absolute atomic E-state index is 12.5. The molecule has 2 aromatic rings. The molecule has 176 valence electrons. The molecule has 8 heteroatoms. The molecular weight excluding hydrogens is 440 g/mol. The summed E-state index contributed by atoms with van der Waals surface area (Å²) in [5.41, 5.74) is 1.67. The van der Waals surface area contributed by atoms with Crippen molar-refractivity contribution < 1.29 is 14.3 Å². The van der Waals surface area contributed by atoms with E-state index in [1.54, 1.807) is 31.1 Å². The van der Waals surface area contributed by atoms with Crippen LogP contribution in [0.1, 0.15) is 12.5 Å². The van der Waals surface area contributed by atoms with Gasteiger partial charge in [-0.05, 0) is 24.3 Å². The molecule has 1 aliphatic heterocycles. The average molecular weight is 471 g/mol. The third-order valence-electron chi connectivity index (χ3n) is 5.63. The summed E-state index contributed by atoms with van der Waals surface area (Å²) in [4.78, 5) is 30.5. The summed E-state index contributed by atoms with van der Waals surface area (Å²) in [6.45, 7) is 6.36. The van der Waals surface area contributed by atoms with Crippen molar-refractivity contribution in [3.05, 3.63) is 65.2 Å². The monoisotopic (exact) mass is 470 g/mol. The number of carbonyl (C=O) groups excluding carboxylic acids is 2. The first-order valence-electron chi connectivity index (χ1n) is 11.0. The molecule has 1 saturated heterocycles. The van der Waals surface area contributed by atoms with Crippen molar-refractivity contribution in [2.75, 3.05) is 58.2 Å². The van der Waals surface area contributed by atoms with E-state index in [1.165, 1.54) is 0 Å². The molecule has 7 nitrogen and oxygen atoms in total. The van der Waals surface area contributed by atoms with E-state index in [0.29, 0.717) is 36.9 Å². The minimum absolute atomic E-state index is 0.0409. The van der Waals surface area contributed by atoms with Gasteiger partial charge in [-0.25, -0.2) is 4.79 Å². The lowest BCUT2D eigenvalue weighted by Crippen LogP contribution is -2.51. The maximum atomic E-state index is 12.5. The molecule has 3 amide bonds. The Morgan fingerprint density at radius 3 is 2.58 bits per heavy atom. The molecule has 0 radical (unpaired) electrons. The number of carbonyl (C=O) groups is 2. The van der Waals surface area contributed by atoms with Crippen LogP contribution in [0.4, 0.5) is 10.5 Å². The molecule has 1 N–H and O–H groups in total. The van der Waals surface area contributed by atoms with Gasteiger partial charge in [0.05, 0.1) is 7.11 Å². The topological polar surface area (TPSA) is 65.1 Å². The molecule has 1 heterocycles. The Kier molecular flexibility index (Phi) is 9.15. The number of benzene rings is 2. The standard InChI is InChI=1S/C25H31ClN4O3/c1-20(31)29(12-6-8-21-7-3-4-11-24(21)33-2)16-13-28-14-17-30(18-15-28)25(32)27-23-10-5-9-22(26)19-23/h3-11,19H,12-18H2,1-2H3,(H,27,32)/b8-6+. The van der Waals surface area contributed by atoms with Crippen LogP contribution in [0.25, 0.3) is 6.08 Å². The molecule has 0 atom stereocenters. The number of urea groups is 1. The molecular formula is C25H31ClN4O3. The number of nitrogens with zero attached hydrogens (tertiary/aromatic N) is 3. The molecule has 0 aromatic heterocycles. The van der Waals surface area contributed by atoms with E-state index in [1.807, 2.05) is 53.5 Å². The summed E-state index contributed by atoms with van der Waals surface area (Å²) >= 11 is 5.98. The molecule has 2 aromatic carbocycles. The number of amides is 3. The fourth-order valence-electron chi connectivity index (χ4n) is 3.69. The van der Waals surface area contributed by atoms with Crippen molar-refractivity contribution in [3.8, 4) is 5.75 Å². The van der Waals surface area contributed by atoms with Crippen LogP contribution < -0.4 is 10.1 Å². The van der Waals surface area contributed by atoms with Crippen LogP contribution in [-0.4, -0.2) is 79.6 Å². The lowest BCUT2D eigenvalue weighted by molar-refractivity contribution is -0.128. The predicted octanol–water partition coefficient (Wildman–Crippen LogP) is 4.06. The highest BCUT2D eigenvalue weighted by molar-refractivity contribution is 6.30. The van der Waals surface area contributed by atoms with Gasteiger partial charge in [-0.2, -0.15) is 0 Å². The van der Waals surface area contributed by atoms with Gasteiger partial charge in [-0.1, -0.05) is 48.0 Å². The first-order valence-corrected chi connectivity index (χ1v) is 11.4. The second-order valence-corrected chi connectivity index (χ2v) is 8.31. The van der Waals surface area contributed by atoms with Gasteiger partial charge in [0.15, 0.2) is 0 Å². The third kappa shape index (κ3) is 7.51. The second-order valence-electron chi connectivity index (χ2n) is 7.88. The van der Waals surface area contributed by atoms with Crippen LogP contribution in [0.15, 0.2) is 54.6 Å². The van der Waals surface area contributed by atoms with E-state index in [2.05, 4.69) is 10.2 Å². The number of piperazine rings is 1. The summed E-state index contributed by atoms with van der Waals surface area (Å²) in [5, 5.41) is 3.48. The normalized spacial score (nSPS) is 14.3. The Balaban J connectivity index is 1.43. The van der Waals surface area contributed by atoms with Crippen LogP contribution in [0.5, 0.6) is 5.75 Å². The zero-order chi connectivity index (χ0) is 23.6. The van der Waals surface area contributed by atoms with E-state index in [9.17, 15) is 9.59 Å². The van der Waals surface area contributed by atoms with Crippen LogP contribution in [0.3, 0.4) is 0 Å². The van der Waals surface area contributed by atoms with E-state index in [-0.39, 0.29) is 11.9 Å². The third-order valence-corrected chi connectivity index (χ3v) is 5.86. The molecule has 33 heavy (non-hydrogen) atoms. The minimum atomic E-state index is -0.122. The van der Waals surface area contributed by atoms with Crippen molar-refractivity contribution >= 4 is 35.3 Å². The van der Waals surface area contributed by atoms with Gasteiger partial charge in [0, 0.05) is 69.0 Å². The van der Waals surface area contributed by atoms with E-state index < -0.39 is 0 Å². The summed E-state index contributed by atoms with van der Waals surface area (Å²) in [5.74, 6) is 0.847. The first-order chi connectivity index (χ1) is 16.0. The number of nitrogens with one attached hydrogen (secondary N) is 1. The van der Waals surface area contributed by atoms with Crippen molar-refractivity contribution in [1.29, 1.82) is 0 Å². The van der Waals surface area contributed by atoms with Gasteiger partial charge >= 0.3 is 6.03 Å². The highest BCUT2D eigenvalue weighted by Crippen LogP contribution is 2.19. The van der Waals surface area contributed by atoms with Crippen LogP contribution >= 0.6 is 11.6 Å².